The molecule has 1 N–H and O–H groups in total. The lowest BCUT2D eigenvalue weighted by Gasteiger charge is -2.17. The predicted molar refractivity (Wildman–Crippen MR) is 87.6 cm³/mol. The fourth-order valence-corrected chi connectivity index (χ4v) is 2.91. The highest BCUT2D eigenvalue weighted by atomic mass is 16.5. The molecule has 0 amide bonds. The van der Waals surface area contributed by atoms with Crippen molar-refractivity contribution in [3.8, 4) is 5.88 Å². The maximum atomic E-state index is 6.15. The molecule has 118 valence electrons. The molecule has 0 spiro atoms. The Morgan fingerprint density at radius 1 is 1.19 bits per heavy atom. The van der Waals surface area contributed by atoms with Crippen molar-refractivity contribution in [3.63, 3.8) is 0 Å². The minimum Gasteiger partial charge on any atom is -0.474 e. The van der Waals surface area contributed by atoms with Crippen LogP contribution in [0.3, 0.4) is 0 Å². The topological polar surface area (TPSA) is 34.1 Å². The second-order valence-electron chi connectivity index (χ2n) is 6.71. The molecule has 21 heavy (non-hydrogen) atoms. The Labute approximate surface area is 129 Å². The van der Waals surface area contributed by atoms with Crippen LogP contribution in [0.2, 0.25) is 0 Å². The molecule has 1 aliphatic carbocycles. The molecule has 0 atom stereocenters. The summed E-state index contributed by atoms with van der Waals surface area (Å²) in [6, 6.07) is 4.25. The first-order valence-electron chi connectivity index (χ1n) is 8.48. The van der Waals surface area contributed by atoms with Gasteiger partial charge in [-0.1, -0.05) is 26.7 Å². The molecule has 0 bridgehead atoms. The van der Waals surface area contributed by atoms with Crippen molar-refractivity contribution in [2.75, 3.05) is 6.54 Å². The normalized spacial score (nSPS) is 17.0. The van der Waals surface area contributed by atoms with Crippen molar-refractivity contribution in [1.29, 1.82) is 0 Å². The lowest BCUT2D eigenvalue weighted by Crippen LogP contribution is -2.20. The molecule has 1 saturated carbocycles. The first-order valence-corrected chi connectivity index (χ1v) is 8.48. The molecule has 2 rings (SSSR count). The average molecular weight is 290 g/mol. The number of nitrogens with one attached hydrogen (secondary N) is 1. The summed E-state index contributed by atoms with van der Waals surface area (Å²) in [5, 5.41) is 3.49. The third kappa shape index (κ3) is 6.04. The highest BCUT2D eigenvalue weighted by molar-refractivity contribution is 5.24. The minimum atomic E-state index is 0.360. The van der Waals surface area contributed by atoms with E-state index in [-0.39, 0.29) is 0 Å². The summed E-state index contributed by atoms with van der Waals surface area (Å²) in [5.74, 6) is 1.48. The van der Waals surface area contributed by atoms with Crippen molar-refractivity contribution in [1.82, 2.24) is 10.3 Å². The molecule has 1 heterocycles. The van der Waals surface area contributed by atoms with Gasteiger partial charge < -0.3 is 10.1 Å². The molecule has 0 aromatic carbocycles. The van der Waals surface area contributed by atoms with Gasteiger partial charge in [0.25, 0.3) is 0 Å². The largest absolute Gasteiger partial charge is 0.474 e. The number of ether oxygens (including phenoxy) is 1. The maximum Gasteiger partial charge on any atom is 0.214 e. The van der Waals surface area contributed by atoms with E-state index >= 15 is 0 Å². The first-order chi connectivity index (χ1) is 10.1. The number of nitrogens with zero attached hydrogens (tertiary/aromatic N) is 1. The SMILES string of the molecule is Cc1cc(CNCC(C)C)cc(OC2CCCCCC2)n1. The van der Waals surface area contributed by atoms with E-state index in [9.17, 15) is 0 Å². The Bertz CT molecular complexity index is 423. The molecule has 3 nitrogen and oxygen atoms in total. The molecule has 0 saturated heterocycles. The fourth-order valence-electron chi connectivity index (χ4n) is 2.91. The van der Waals surface area contributed by atoms with Crippen molar-refractivity contribution in [2.24, 2.45) is 5.92 Å². The van der Waals surface area contributed by atoms with Gasteiger partial charge in [0, 0.05) is 18.3 Å². The van der Waals surface area contributed by atoms with E-state index in [1.165, 1.54) is 44.1 Å². The number of aromatic nitrogens is 1. The van der Waals surface area contributed by atoms with Crippen LogP contribution in [0.15, 0.2) is 12.1 Å². The fraction of sp³-hybridized carbons (Fsp3) is 0.722. The van der Waals surface area contributed by atoms with Crippen LogP contribution in [-0.2, 0) is 6.54 Å². The van der Waals surface area contributed by atoms with Gasteiger partial charge in [-0.05, 0) is 56.7 Å². The van der Waals surface area contributed by atoms with Crippen molar-refractivity contribution in [3.05, 3.63) is 23.4 Å². The summed E-state index contributed by atoms with van der Waals surface area (Å²) in [6.07, 6.45) is 8.00. The van der Waals surface area contributed by atoms with Gasteiger partial charge in [-0.15, -0.1) is 0 Å². The second-order valence-corrected chi connectivity index (χ2v) is 6.71. The Morgan fingerprint density at radius 2 is 1.90 bits per heavy atom. The van der Waals surface area contributed by atoms with E-state index in [1.807, 2.05) is 6.92 Å². The zero-order valence-corrected chi connectivity index (χ0v) is 13.8. The van der Waals surface area contributed by atoms with Crippen LogP contribution in [0, 0.1) is 12.8 Å². The van der Waals surface area contributed by atoms with Gasteiger partial charge in [0.05, 0.1) is 0 Å². The van der Waals surface area contributed by atoms with Crippen LogP contribution in [-0.4, -0.2) is 17.6 Å². The number of hydrogen-bond acceptors (Lipinski definition) is 3. The lowest BCUT2D eigenvalue weighted by molar-refractivity contribution is 0.175. The van der Waals surface area contributed by atoms with E-state index in [1.54, 1.807) is 0 Å². The van der Waals surface area contributed by atoms with Gasteiger partial charge in [-0.3, -0.25) is 0 Å². The highest BCUT2D eigenvalue weighted by Crippen LogP contribution is 2.22. The Hall–Kier alpha value is -1.09. The molecule has 1 aromatic heterocycles. The molecule has 1 aliphatic rings. The summed E-state index contributed by atoms with van der Waals surface area (Å²) < 4.78 is 6.15. The molecular weight excluding hydrogens is 260 g/mol. The lowest BCUT2D eigenvalue weighted by atomic mass is 10.1. The summed E-state index contributed by atoms with van der Waals surface area (Å²) >= 11 is 0. The van der Waals surface area contributed by atoms with Gasteiger partial charge >= 0.3 is 0 Å². The summed E-state index contributed by atoms with van der Waals surface area (Å²) in [4.78, 5) is 4.55. The zero-order chi connectivity index (χ0) is 15.1. The molecule has 0 radical (unpaired) electrons. The molecule has 0 aliphatic heterocycles. The maximum absolute atomic E-state index is 6.15. The smallest absolute Gasteiger partial charge is 0.214 e. The van der Waals surface area contributed by atoms with Gasteiger partial charge in [-0.2, -0.15) is 0 Å². The van der Waals surface area contributed by atoms with Crippen LogP contribution in [0.25, 0.3) is 0 Å². The number of pyridine rings is 1. The van der Waals surface area contributed by atoms with Crippen molar-refractivity contribution in [2.45, 2.75) is 71.9 Å². The average Bonchev–Trinajstić information content (AvgIpc) is 2.66. The van der Waals surface area contributed by atoms with Crippen LogP contribution in [0.1, 0.15) is 63.6 Å². The molecule has 1 fully saturated rings. The Kier molecular flexibility index (Phi) is 6.50. The first kappa shape index (κ1) is 16.3. The van der Waals surface area contributed by atoms with E-state index in [0.717, 1.165) is 24.7 Å². The monoisotopic (exact) mass is 290 g/mol. The molecule has 1 aromatic rings. The van der Waals surface area contributed by atoms with Crippen LogP contribution < -0.4 is 10.1 Å². The molecular formula is C18H30N2O. The van der Waals surface area contributed by atoms with E-state index < -0.39 is 0 Å². The number of aryl methyl sites for hydroxylation is 1. The van der Waals surface area contributed by atoms with E-state index in [4.69, 9.17) is 4.74 Å². The Balaban J connectivity index is 1.93. The molecule has 0 unspecified atom stereocenters. The standard InChI is InChI=1S/C18H30N2O/c1-14(2)12-19-13-16-10-15(3)20-18(11-16)21-17-8-6-4-5-7-9-17/h10-11,14,17,19H,4-9,12-13H2,1-3H3. The summed E-state index contributed by atoms with van der Waals surface area (Å²) in [7, 11) is 0. The zero-order valence-electron chi connectivity index (χ0n) is 13.8. The number of hydrogen-bond donors (Lipinski definition) is 1. The third-order valence-corrected chi connectivity index (χ3v) is 3.96. The molecule has 3 heteroatoms. The van der Waals surface area contributed by atoms with E-state index in [2.05, 4.69) is 36.3 Å². The van der Waals surface area contributed by atoms with Gasteiger partial charge in [0.2, 0.25) is 5.88 Å². The number of rotatable bonds is 6. The predicted octanol–water partition coefficient (Wildman–Crippen LogP) is 4.24. The van der Waals surface area contributed by atoms with E-state index in [0.29, 0.717) is 12.0 Å². The highest BCUT2D eigenvalue weighted by Gasteiger charge is 2.14. The summed E-state index contributed by atoms with van der Waals surface area (Å²) in [6.45, 7) is 8.44. The third-order valence-electron chi connectivity index (χ3n) is 3.96. The summed E-state index contributed by atoms with van der Waals surface area (Å²) in [5.41, 5.74) is 2.31. The van der Waals surface area contributed by atoms with Crippen molar-refractivity contribution >= 4 is 0 Å². The van der Waals surface area contributed by atoms with Crippen LogP contribution in [0.5, 0.6) is 5.88 Å². The minimum absolute atomic E-state index is 0.360. The van der Waals surface area contributed by atoms with Crippen LogP contribution in [0.4, 0.5) is 0 Å². The van der Waals surface area contributed by atoms with Crippen LogP contribution >= 0.6 is 0 Å². The Morgan fingerprint density at radius 3 is 2.57 bits per heavy atom. The van der Waals surface area contributed by atoms with Gasteiger partial charge in [-0.25, -0.2) is 4.98 Å². The quantitative estimate of drug-likeness (QED) is 0.796. The van der Waals surface area contributed by atoms with Gasteiger partial charge in [0.15, 0.2) is 0 Å². The van der Waals surface area contributed by atoms with Crippen molar-refractivity contribution < 1.29 is 4.74 Å². The van der Waals surface area contributed by atoms with Gasteiger partial charge in [0.1, 0.15) is 6.10 Å². The second kappa shape index (κ2) is 8.38.